The average Bonchev–Trinajstić information content (AvgIpc) is 2.61. The molecule has 5 nitrogen and oxygen atoms in total. The third-order valence-corrected chi connectivity index (χ3v) is 3.66. The molecule has 0 saturated heterocycles. The molecule has 19 heavy (non-hydrogen) atoms. The van der Waals surface area contributed by atoms with E-state index in [1.54, 1.807) is 0 Å². The van der Waals surface area contributed by atoms with Gasteiger partial charge in [-0.2, -0.15) is 5.10 Å². The van der Waals surface area contributed by atoms with Crippen LogP contribution in [0.25, 0.3) is 0 Å². The topological polar surface area (TPSA) is 59.1 Å². The summed E-state index contributed by atoms with van der Waals surface area (Å²) in [7, 11) is 1.92. The summed E-state index contributed by atoms with van der Waals surface area (Å²) >= 11 is 0. The summed E-state index contributed by atoms with van der Waals surface area (Å²) in [5, 5.41) is 7.79. The van der Waals surface area contributed by atoms with Gasteiger partial charge in [-0.15, -0.1) is 0 Å². The van der Waals surface area contributed by atoms with Crippen LogP contribution in [0.3, 0.4) is 0 Å². The van der Waals surface area contributed by atoms with Gasteiger partial charge in [0.05, 0.1) is 11.4 Å². The lowest BCUT2D eigenvalue weighted by Crippen LogP contribution is -2.26. The summed E-state index contributed by atoms with van der Waals surface area (Å²) in [6.45, 7) is 12.0. The highest BCUT2D eigenvalue weighted by Gasteiger charge is 2.12. The minimum atomic E-state index is 0.410. The molecule has 0 aliphatic heterocycles. The molecular formula is C14H29N5. The van der Waals surface area contributed by atoms with Crippen LogP contribution >= 0.6 is 0 Å². The Morgan fingerprint density at radius 1 is 1.37 bits per heavy atom. The molecule has 1 aromatic heterocycles. The van der Waals surface area contributed by atoms with E-state index in [4.69, 9.17) is 5.73 Å². The van der Waals surface area contributed by atoms with Crippen LogP contribution in [0.15, 0.2) is 0 Å². The van der Waals surface area contributed by atoms with Crippen LogP contribution in [0, 0.1) is 6.92 Å². The summed E-state index contributed by atoms with van der Waals surface area (Å²) in [5.74, 6) is 0.938. The Kier molecular flexibility index (Phi) is 6.15. The molecule has 1 unspecified atom stereocenters. The number of nitrogens with one attached hydrogen (secondary N) is 1. The summed E-state index contributed by atoms with van der Waals surface area (Å²) in [6.07, 6.45) is 2.34. The van der Waals surface area contributed by atoms with E-state index in [9.17, 15) is 0 Å². The molecule has 0 saturated carbocycles. The molecule has 0 amide bonds. The first-order chi connectivity index (χ1) is 8.99. The van der Waals surface area contributed by atoms with Gasteiger partial charge in [0.2, 0.25) is 0 Å². The third kappa shape index (κ3) is 4.42. The number of rotatable bonds is 8. The lowest BCUT2D eigenvalue weighted by Gasteiger charge is -2.20. The van der Waals surface area contributed by atoms with E-state index in [-0.39, 0.29) is 0 Å². The highest BCUT2D eigenvalue weighted by atomic mass is 15.3. The predicted octanol–water partition coefficient (Wildman–Crippen LogP) is 2.23. The number of nitrogen functional groups attached to an aromatic ring is 1. The van der Waals surface area contributed by atoms with E-state index in [1.165, 1.54) is 13.0 Å². The van der Waals surface area contributed by atoms with E-state index in [0.717, 1.165) is 36.7 Å². The van der Waals surface area contributed by atoms with Gasteiger partial charge in [0, 0.05) is 13.1 Å². The molecule has 110 valence electrons. The van der Waals surface area contributed by atoms with Gasteiger partial charge in [0.25, 0.3) is 0 Å². The first-order valence-corrected chi connectivity index (χ1v) is 7.27. The van der Waals surface area contributed by atoms with Crippen LogP contribution in [0.5, 0.6) is 0 Å². The molecule has 0 aliphatic carbocycles. The van der Waals surface area contributed by atoms with Crippen LogP contribution in [-0.2, 0) is 7.05 Å². The van der Waals surface area contributed by atoms with Crippen LogP contribution in [-0.4, -0.2) is 40.4 Å². The molecule has 0 bridgehead atoms. The van der Waals surface area contributed by atoms with Crippen molar-refractivity contribution >= 4 is 11.5 Å². The minimum Gasteiger partial charge on any atom is -0.394 e. The highest BCUT2D eigenvalue weighted by Crippen LogP contribution is 2.22. The number of nitrogens with two attached hydrogens (primary N) is 1. The Labute approximate surface area is 117 Å². The van der Waals surface area contributed by atoms with Gasteiger partial charge in [0.15, 0.2) is 0 Å². The quantitative estimate of drug-likeness (QED) is 0.758. The second-order valence-electron chi connectivity index (χ2n) is 5.19. The zero-order chi connectivity index (χ0) is 14.4. The Morgan fingerprint density at radius 3 is 2.47 bits per heavy atom. The van der Waals surface area contributed by atoms with Crippen molar-refractivity contribution in [2.24, 2.45) is 7.05 Å². The second kappa shape index (κ2) is 7.38. The molecule has 1 rings (SSSR count). The van der Waals surface area contributed by atoms with Crippen molar-refractivity contribution in [3.63, 3.8) is 0 Å². The normalized spacial score (nSPS) is 12.9. The predicted molar refractivity (Wildman–Crippen MR) is 82.5 cm³/mol. The maximum Gasteiger partial charge on any atom is 0.147 e. The SMILES string of the molecule is CCN(CC)CCCC(C)Nc1c(N)c(C)nn1C. The standard InChI is InChI=1S/C14H29N5/c1-6-19(7-2)10-8-9-11(3)16-14-13(15)12(4)17-18(14)5/h11,16H,6-10,15H2,1-5H3. The van der Waals surface area contributed by atoms with Crippen molar-refractivity contribution in [1.82, 2.24) is 14.7 Å². The number of aryl methyl sites for hydroxylation is 2. The summed E-state index contributed by atoms with van der Waals surface area (Å²) in [4.78, 5) is 2.45. The van der Waals surface area contributed by atoms with E-state index in [1.807, 2.05) is 18.7 Å². The summed E-state index contributed by atoms with van der Waals surface area (Å²) in [6, 6.07) is 0.410. The molecule has 1 atom stereocenters. The maximum absolute atomic E-state index is 6.02. The zero-order valence-electron chi connectivity index (χ0n) is 13.0. The molecule has 0 aliphatic rings. The minimum absolute atomic E-state index is 0.410. The molecule has 0 aromatic carbocycles. The van der Waals surface area contributed by atoms with Crippen molar-refractivity contribution in [3.8, 4) is 0 Å². The fourth-order valence-electron chi connectivity index (χ4n) is 2.31. The Balaban J connectivity index is 2.41. The zero-order valence-corrected chi connectivity index (χ0v) is 13.0. The van der Waals surface area contributed by atoms with Gasteiger partial charge in [-0.25, -0.2) is 0 Å². The lowest BCUT2D eigenvalue weighted by atomic mass is 10.1. The van der Waals surface area contributed by atoms with Crippen LogP contribution in [0.2, 0.25) is 0 Å². The Bertz CT molecular complexity index is 381. The van der Waals surface area contributed by atoms with E-state index >= 15 is 0 Å². The number of hydrogen-bond acceptors (Lipinski definition) is 4. The van der Waals surface area contributed by atoms with Gasteiger partial charge in [-0.05, 0) is 46.3 Å². The van der Waals surface area contributed by atoms with Crippen LogP contribution in [0.4, 0.5) is 11.5 Å². The number of anilines is 2. The van der Waals surface area contributed by atoms with Gasteiger partial charge < -0.3 is 16.0 Å². The fourth-order valence-corrected chi connectivity index (χ4v) is 2.31. The monoisotopic (exact) mass is 267 g/mol. The second-order valence-corrected chi connectivity index (χ2v) is 5.19. The molecular weight excluding hydrogens is 238 g/mol. The highest BCUT2D eigenvalue weighted by molar-refractivity contribution is 5.64. The number of aromatic nitrogens is 2. The molecule has 5 heteroatoms. The van der Waals surface area contributed by atoms with Gasteiger partial charge in [-0.3, -0.25) is 4.68 Å². The average molecular weight is 267 g/mol. The van der Waals surface area contributed by atoms with Crippen molar-refractivity contribution < 1.29 is 0 Å². The fraction of sp³-hybridized carbons (Fsp3) is 0.786. The number of hydrogen-bond donors (Lipinski definition) is 2. The van der Waals surface area contributed by atoms with E-state index in [0.29, 0.717) is 6.04 Å². The van der Waals surface area contributed by atoms with Crippen molar-refractivity contribution in [1.29, 1.82) is 0 Å². The molecule has 0 spiro atoms. The molecule has 0 fully saturated rings. The van der Waals surface area contributed by atoms with Gasteiger partial charge in [0.1, 0.15) is 5.82 Å². The van der Waals surface area contributed by atoms with E-state index in [2.05, 4.69) is 36.1 Å². The largest absolute Gasteiger partial charge is 0.394 e. The van der Waals surface area contributed by atoms with Crippen LogP contribution in [0.1, 0.15) is 39.3 Å². The Hall–Kier alpha value is -1.23. The first-order valence-electron chi connectivity index (χ1n) is 7.27. The molecule has 3 N–H and O–H groups in total. The molecule has 0 radical (unpaired) electrons. The van der Waals surface area contributed by atoms with Gasteiger partial charge >= 0.3 is 0 Å². The Morgan fingerprint density at radius 2 is 2.00 bits per heavy atom. The maximum atomic E-state index is 6.02. The number of nitrogens with zero attached hydrogens (tertiary/aromatic N) is 3. The van der Waals surface area contributed by atoms with Crippen molar-refractivity contribution in [3.05, 3.63) is 5.69 Å². The third-order valence-electron chi connectivity index (χ3n) is 3.66. The first kappa shape index (κ1) is 15.8. The van der Waals surface area contributed by atoms with Crippen molar-refractivity contribution in [2.45, 2.75) is 46.6 Å². The smallest absolute Gasteiger partial charge is 0.147 e. The van der Waals surface area contributed by atoms with Crippen molar-refractivity contribution in [2.75, 3.05) is 30.7 Å². The van der Waals surface area contributed by atoms with E-state index < -0.39 is 0 Å². The lowest BCUT2D eigenvalue weighted by molar-refractivity contribution is 0.295. The summed E-state index contributed by atoms with van der Waals surface area (Å²) in [5.41, 5.74) is 7.67. The van der Waals surface area contributed by atoms with Gasteiger partial charge in [-0.1, -0.05) is 13.8 Å². The van der Waals surface area contributed by atoms with Crippen LogP contribution < -0.4 is 11.1 Å². The molecule has 1 aromatic rings. The summed E-state index contributed by atoms with van der Waals surface area (Å²) < 4.78 is 1.82. The molecule has 1 heterocycles.